The molecule has 0 saturated carbocycles. The van der Waals surface area contributed by atoms with Crippen molar-refractivity contribution >= 4 is 29.3 Å². The lowest BCUT2D eigenvalue weighted by molar-refractivity contribution is -0.137. The van der Waals surface area contributed by atoms with Crippen molar-refractivity contribution in [3.05, 3.63) is 59.4 Å². The predicted octanol–water partition coefficient (Wildman–Crippen LogP) is 4.84. The third kappa shape index (κ3) is 8.16. The minimum Gasteiger partial charge on any atom is -0.444 e. The molecule has 0 fully saturated rings. The van der Waals surface area contributed by atoms with Gasteiger partial charge < -0.3 is 15.4 Å². The lowest BCUT2D eigenvalue weighted by Crippen LogP contribution is -2.45. The van der Waals surface area contributed by atoms with Crippen LogP contribution in [0.25, 0.3) is 0 Å². The van der Waals surface area contributed by atoms with Crippen LogP contribution in [0.15, 0.2) is 42.5 Å². The van der Waals surface area contributed by atoms with Crippen LogP contribution in [0.2, 0.25) is 0 Å². The normalized spacial score (nSPS) is 12.3. The molecular formula is C23H26F4N4O4. The summed E-state index contributed by atoms with van der Waals surface area (Å²) < 4.78 is 58.2. The molecule has 8 nitrogen and oxygen atoms in total. The van der Waals surface area contributed by atoms with Gasteiger partial charge in [0.1, 0.15) is 23.0 Å². The number of amides is 3. The quantitative estimate of drug-likeness (QED) is 0.323. The smallest absolute Gasteiger partial charge is 0.416 e. The first-order chi connectivity index (χ1) is 16.2. The van der Waals surface area contributed by atoms with Crippen LogP contribution in [-0.4, -0.2) is 29.6 Å². The second kappa shape index (κ2) is 11.1. The molecule has 0 aliphatic rings. The van der Waals surface area contributed by atoms with Crippen LogP contribution in [-0.2, 0) is 15.7 Å². The van der Waals surface area contributed by atoms with Gasteiger partial charge in [-0.1, -0.05) is 19.1 Å². The topological polar surface area (TPSA) is 109 Å². The molecule has 0 aliphatic heterocycles. The summed E-state index contributed by atoms with van der Waals surface area (Å²) in [4.78, 5) is 37.3. The van der Waals surface area contributed by atoms with Gasteiger partial charge in [-0.15, -0.1) is 0 Å². The third-order valence-electron chi connectivity index (χ3n) is 4.42. The van der Waals surface area contributed by atoms with Crippen LogP contribution in [0.1, 0.15) is 50.0 Å². The van der Waals surface area contributed by atoms with Crippen LogP contribution >= 0.6 is 0 Å². The third-order valence-corrected chi connectivity index (χ3v) is 4.42. The molecule has 3 amide bonds. The molecule has 0 saturated heterocycles. The van der Waals surface area contributed by atoms with Crippen molar-refractivity contribution in [3.63, 3.8) is 0 Å². The number of alkyl halides is 3. The number of hydrazine groups is 1. The van der Waals surface area contributed by atoms with Gasteiger partial charge in [-0.05, 0) is 57.5 Å². The molecule has 0 unspecified atom stereocenters. The largest absolute Gasteiger partial charge is 0.444 e. The van der Waals surface area contributed by atoms with Crippen LogP contribution in [0.3, 0.4) is 0 Å². The first-order valence-corrected chi connectivity index (χ1v) is 10.5. The molecular weight excluding hydrogens is 472 g/mol. The number of halogens is 4. The number of carbonyl (C=O) groups excluding carboxylic acids is 3. The highest BCUT2D eigenvalue weighted by molar-refractivity contribution is 6.05. The van der Waals surface area contributed by atoms with Crippen molar-refractivity contribution in [2.45, 2.75) is 51.9 Å². The number of alkyl carbamates (subject to hydrolysis) is 1. The first kappa shape index (κ1) is 27.4. The fraction of sp³-hybridized carbons (Fsp3) is 0.348. The predicted molar refractivity (Wildman–Crippen MR) is 121 cm³/mol. The average molecular weight is 498 g/mol. The van der Waals surface area contributed by atoms with E-state index in [2.05, 4.69) is 21.5 Å². The molecule has 2 aromatic carbocycles. The minimum absolute atomic E-state index is 0.0947. The summed E-state index contributed by atoms with van der Waals surface area (Å²) >= 11 is 0. The summed E-state index contributed by atoms with van der Waals surface area (Å²) in [6.07, 6.45) is -5.26. The van der Waals surface area contributed by atoms with Gasteiger partial charge in [0.25, 0.3) is 5.91 Å². The van der Waals surface area contributed by atoms with E-state index < -0.39 is 52.7 Å². The maximum atomic E-state index is 14.5. The number of anilines is 2. The summed E-state index contributed by atoms with van der Waals surface area (Å²) in [5, 5.41) is 4.79. The van der Waals surface area contributed by atoms with E-state index in [1.165, 1.54) is 18.2 Å². The second-order valence-corrected chi connectivity index (χ2v) is 8.42. The van der Waals surface area contributed by atoms with Crippen LogP contribution in [0.4, 0.5) is 33.7 Å². The van der Waals surface area contributed by atoms with E-state index in [9.17, 15) is 31.9 Å². The van der Waals surface area contributed by atoms with Crippen LogP contribution in [0.5, 0.6) is 0 Å². The highest BCUT2D eigenvalue weighted by atomic mass is 19.4. The zero-order chi connectivity index (χ0) is 26.4. The minimum atomic E-state index is -4.59. The molecule has 0 radical (unpaired) electrons. The Hall–Kier alpha value is -3.83. The molecule has 2 rings (SSSR count). The number of benzene rings is 2. The van der Waals surface area contributed by atoms with Gasteiger partial charge >= 0.3 is 12.3 Å². The van der Waals surface area contributed by atoms with Crippen molar-refractivity contribution in [2.75, 3.05) is 10.7 Å². The monoisotopic (exact) mass is 498 g/mol. The molecule has 0 spiro atoms. The maximum Gasteiger partial charge on any atom is 0.416 e. The second-order valence-electron chi connectivity index (χ2n) is 8.42. The zero-order valence-corrected chi connectivity index (χ0v) is 19.5. The Morgan fingerprint density at radius 1 is 1.03 bits per heavy atom. The molecule has 2 aromatic rings. The van der Waals surface area contributed by atoms with Gasteiger partial charge in [0.2, 0.25) is 5.91 Å². The van der Waals surface area contributed by atoms with Crippen molar-refractivity contribution in [1.82, 2.24) is 10.7 Å². The summed E-state index contributed by atoms with van der Waals surface area (Å²) in [7, 11) is 0. The Labute approximate surface area is 199 Å². The Balaban J connectivity index is 2.15. The summed E-state index contributed by atoms with van der Waals surface area (Å²) in [6.45, 7) is 6.58. The molecule has 4 N–H and O–H groups in total. The van der Waals surface area contributed by atoms with E-state index in [1.54, 1.807) is 27.7 Å². The van der Waals surface area contributed by atoms with Crippen molar-refractivity contribution in [3.8, 4) is 0 Å². The molecule has 35 heavy (non-hydrogen) atoms. The lowest BCUT2D eigenvalue weighted by Gasteiger charge is -2.23. The molecule has 0 aromatic heterocycles. The summed E-state index contributed by atoms with van der Waals surface area (Å²) in [5.41, 5.74) is 1.80. The summed E-state index contributed by atoms with van der Waals surface area (Å²) in [5.74, 6) is -2.77. The van der Waals surface area contributed by atoms with Gasteiger partial charge in [-0.3, -0.25) is 20.4 Å². The Kier molecular flexibility index (Phi) is 8.67. The van der Waals surface area contributed by atoms with Gasteiger partial charge in [0, 0.05) is 0 Å². The maximum absolute atomic E-state index is 14.5. The van der Waals surface area contributed by atoms with E-state index in [0.29, 0.717) is 0 Å². The highest BCUT2D eigenvalue weighted by Gasteiger charge is 2.30. The number of hydrogen-bond acceptors (Lipinski definition) is 5. The van der Waals surface area contributed by atoms with E-state index in [0.717, 1.165) is 24.3 Å². The highest BCUT2D eigenvalue weighted by Crippen LogP contribution is 2.30. The molecule has 12 heteroatoms. The van der Waals surface area contributed by atoms with Gasteiger partial charge in [-0.2, -0.15) is 13.2 Å². The lowest BCUT2D eigenvalue weighted by atomic mass is 10.1. The van der Waals surface area contributed by atoms with E-state index in [4.69, 9.17) is 4.74 Å². The number of ether oxygens (including phenoxy) is 1. The van der Waals surface area contributed by atoms with Crippen molar-refractivity contribution < 1.29 is 36.7 Å². The first-order valence-electron chi connectivity index (χ1n) is 10.5. The Morgan fingerprint density at radius 2 is 1.69 bits per heavy atom. The van der Waals surface area contributed by atoms with Crippen LogP contribution in [0, 0.1) is 5.82 Å². The van der Waals surface area contributed by atoms with E-state index >= 15 is 0 Å². The number of rotatable bonds is 7. The fourth-order valence-corrected chi connectivity index (χ4v) is 2.85. The molecule has 0 bridgehead atoms. The number of nitrogens with one attached hydrogen (secondary N) is 4. The number of carbonyl (C=O) groups is 3. The molecule has 0 heterocycles. The molecule has 1 atom stereocenters. The van der Waals surface area contributed by atoms with Crippen molar-refractivity contribution in [1.29, 1.82) is 0 Å². The van der Waals surface area contributed by atoms with Gasteiger partial charge in [0.15, 0.2) is 0 Å². The van der Waals surface area contributed by atoms with E-state index in [1.807, 2.05) is 0 Å². The fourth-order valence-electron chi connectivity index (χ4n) is 2.85. The molecule has 190 valence electrons. The SMILES string of the molecule is CC[C@H](NC(=O)OC(C)(C)C)C(=O)Nc1cccc(F)c1C(=O)NNc1cccc(C(F)(F)F)c1. The Morgan fingerprint density at radius 3 is 2.29 bits per heavy atom. The summed E-state index contributed by atoms with van der Waals surface area (Å²) in [6, 6.07) is 6.47. The standard InChI is InChI=1S/C23H26F4N4O4/c1-5-16(29-21(34)35-22(2,3)4)19(32)28-17-11-7-10-15(24)18(17)20(33)31-30-14-9-6-8-13(12-14)23(25,26)27/h6-12,16,30H,5H2,1-4H3,(H,28,32)(H,29,34)(H,31,33)/t16-/m0/s1. The average Bonchev–Trinajstić information content (AvgIpc) is 2.74. The zero-order valence-electron chi connectivity index (χ0n) is 19.5. The molecule has 0 aliphatic carbocycles. The van der Waals surface area contributed by atoms with E-state index in [-0.39, 0.29) is 17.8 Å². The number of hydrogen-bond donors (Lipinski definition) is 4. The van der Waals surface area contributed by atoms with Gasteiger partial charge in [0.05, 0.1) is 16.9 Å². The van der Waals surface area contributed by atoms with Crippen LogP contribution < -0.4 is 21.5 Å². The van der Waals surface area contributed by atoms with Crippen molar-refractivity contribution in [2.24, 2.45) is 0 Å². The Bertz CT molecular complexity index is 1080. The van der Waals surface area contributed by atoms with Gasteiger partial charge in [-0.25, -0.2) is 9.18 Å².